The molecule has 0 radical (unpaired) electrons. The summed E-state index contributed by atoms with van der Waals surface area (Å²) in [6.45, 7) is 7.53. The fourth-order valence-corrected chi connectivity index (χ4v) is 3.21. The van der Waals surface area contributed by atoms with Gasteiger partial charge >= 0.3 is 0 Å². The van der Waals surface area contributed by atoms with Crippen molar-refractivity contribution < 1.29 is 0 Å². The minimum atomic E-state index is 0.922. The first kappa shape index (κ1) is 13.3. The zero-order valence-electron chi connectivity index (χ0n) is 11.4. The highest BCUT2D eigenvalue weighted by atomic mass is 15.1. The third kappa shape index (κ3) is 4.94. The predicted molar refractivity (Wildman–Crippen MR) is 73.3 cm³/mol. The summed E-state index contributed by atoms with van der Waals surface area (Å²) in [5.41, 5.74) is 0. The number of rotatable bonds is 5. The summed E-state index contributed by atoms with van der Waals surface area (Å²) in [5.74, 6) is 1.86. The lowest BCUT2D eigenvalue weighted by molar-refractivity contribution is 0.200. The average Bonchev–Trinajstić information content (AvgIpc) is 2.36. The SMILES string of the molecule is CN1CCCC(CCNCC2CCNCC2)C1. The van der Waals surface area contributed by atoms with Crippen molar-refractivity contribution in [3.8, 4) is 0 Å². The van der Waals surface area contributed by atoms with Gasteiger partial charge in [0, 0.05) is 6.54 Å². The van der Waals surface area contributed by atoms with Crippen LogP contribution in [0.2, 0.25) is 0 Å². The molecule has 1 atom stereocenters. The quantitative estimate of drug-likeness (QED) is 0.708. The summed E-state index contributed by atoms with van der Waals surface area (Å²) in [5, 5.41) is 7.10. The van der Waals surface area contributed by atoms with Gasteiger partial charge in [0.2, 0.25) is 0 Å². The molecule has 2 saturated heterocycles. The summed E-state index contributed by atoms with van der Waals surface area (Å²) in [6.07, 6.45) is 6.93. The normalized spacial score (nSPS) is 28.4. The lowest BCUT2D eigenvalue weighted by atomic mass is 9.94. The number of nitrogens with zero attached hydrogens (tertiary/aromatic N) is 1. The predicted octanol–water partition coefficient (Wildman–Crippen LogP) is 1.31. The van der Waals surface area contributed by atoms with Gasteiger partial charge < -0.3 is 15.5 Å². The number of hydrogen-bond donors (Lipinski definition) is 2. The molecule has 2 heterocycles. The van der Waals surface area contributed by atoms with Gasteiger partial charge in [0.25, 0.3) is 0 Å². The van der Waals surface area contributed by atoms with Crippen LogP contribution in [0.5, 0.6) is 0 Å². The first-order chi connectivity index (χ1) is 8.34. The largest absolute Gasteiger partial charge is 0.317 e. The molecule has 3 heteroatoms. The van der Waals surface area contributed by atoms with E-state index in [1.807, 2.05) is 0 Å². The Morgan fingerprint density at radius 3 is 2.76 bits per heavy atom. The van der Waals surface area contributed by atoms with E-state index < -0.39 is 0 Å². The molecule has 3 nitrogen and oxygen atoms in total. The van der Waals surface area contributed by atoms with Crippen LogP contribution in [0.15, 0.2) is 0 Å². The van der Waals surface area contributed by atoms with Crippen LogP contribution >= 0.6 is 0 Å². The van der Waals surface area contributed by atoms with Crippen LogP contribution in [0.4, 0.5) is 0 Å². The standard InChI is InChI=1S/C14H29N3/c1-17-10-2-3-14(12-17)6-9-16-11-13-4-7-15-8-5-13/h13-16H,2-12H2,1H3. The van der Waals surface area contributed by atoms with Crippen molar-refractivity contribution in [2.24, 2.45) is 11.8 Å². The molecule has 0 bridgehead atoms. The molecule has 2 rings (SSSR count). The Morgan fingerprint density at radius 1 is 1.18 bits per heavy atom. The van der Waals surface area contributed by atoms with Gasteiger partial charge in [-0.3, -0.25) is 0 Å². The zero-order chi connectivity index (χ0) is 11.9. The first-order valence-electron chi connectivity index (χ1n) is 7.44. The van der Waals surface area contributed by atoms with Crippen LogP contribution in [0.1, 0.15) is 32.1 Å². The van der Waals surface area contributed by atoms with Crippen molar-refractivity contribution in [2.75, 3.05) is 46.3 Å². The number of likely N-dealkylation sites (tertiary alicyclic amines) is 1. The second kappa shape index (κ2) is 7.34. The lowest BCUT2D eigenvalue weighted by Crippen LogP contribution is -2.36. The van der Waals surface area contributed by atoms with Crippen molar-refractivity contribution in [2.45, 2.75) is 32.1 Å². The second-order valence-corrected chi connectivity index (χ2v) is 5.96. The molecule has 2 aliphatic rings. The molecule has 2 N–H and O–H groups in total. The lowest BCUT2D eigenvalue weighted by Gasteiger charge is -2.30. The second-order valence-electron chi connectivity index (χ2n) is 5.96. The Kier molecular flexibility index (Phi) is 5.75. The van der Waals surface area contributed by atoms with E-state index in [0.29, 0.717) is 0 Å². The molecule has 17 heavy (non-hydrogen) atoms. The molecule has 0 spiro atoms. The molecule has 0 aromatic rings. The van der Waals surface area contributed by atoms with E-state index in [-0.39, 0.29) is 0 Å². The van der Waals surface area contributed by atoms with Crippen LogP contribution in [0.3, 0.4) is 0 Å². The van der Waals surface area contributed by atoms with Gasteiger partial charge in [-0.25, -0.2) is 0 Å². The van der Waals surface area contributed by atoms with Crippen LogP contribution in [-0.2, 0) is 0 Å². The molecule has 2 aliphatic heterocycles. The topological polar surface area (TPSA) is 27.3 Å². The fourth-order valence-electron chi connectivity index (χ4n) is 3.21. The third-order valence-electron chi connectivity index (χ3n) is 4.34. The van der Waals surface area contributed by atoms with E-state index in [4.69, 9.17) is 0 Å². The molecule has 1 unspecified atom stereocenters. The molecule has 0 aromatic carbocycles. The summed E-state index contributed by atoms with van der Waals surface area (Å²) in [6, 6.07) is 0. The maximum atomic E-state index is 3.67. The highest BCUT2D eigenvalue weighted by molar-refractivity contribution is 4.73. The minimum Gasteiger partial charge on any atom is -0.317 e. The molecule has 100 valence electrons. The van der Waals surface area contributed by atoms with Crippen LogP contribution in [-0.4, -0.2) is 51.2 Å². The number of hydrogen-bond acceptors (Lipinski definition) is 3. The Morgan fingerprint density at radius 2 is 2.00 bits per heavy atom. The Hall–Kier alpha value is -0.120. The van der Waals surface area contributed by atoms with E-state index in [2.05, 4.69) is 22.6 Å². The van der Waals surface area contributed by atoms with E-state index >= 15 is 0 Å². The third-order valence-corrected chi connectivity index (χ3v) is 4.34. The van der Waals surface area contributed by atoms with E-state index in [1.54, 1.807) is 0 Å². The van der Waals surface area contributed by atoms with Gasteiger partial charge in [0.05, 0.1) is 0 Å². The maximum Gasteiger partial charge on any atom is 0.000709 e. The van der Waals surface area contributed by atoms with E-state index in [0.717, 1.165) is 11.8 Å². The zero-order valence-corrected chi connectivity index (χ0v) is 11.4. The highest BCUT2D eigenvalue weighted by Gasteiger charge is 2.17. The average molecular weight is 239 g/mol. The molecular formula is C14H29N3. The monoisotopic (exact) mass is 239 g/mol. The van der Waals surface area contributed by atoms with Crippen LogP contribution in [0.25, 0.3) is 0 Å². The fraction of sp³-hybridized carbons (Fsp3) is 1.00. The Labute approximate surface area is 106 Å². The van der Waals surface area contributed by atoms with Crippen molar-refractivity contribution in [3.63, 3.8) is 0 Å². The number of piperidine rings is 2. The molecular weight excluding hydrogens is 210 g/mol. The minimum absolute atomic E-state index is 0.922. The van der Waals surface area contributed by atoms with Crippen molar-refractivity contribution >= 4 is 0 Å². The summed E-state index contributed by atoms with van der Waals surface area (Å²) in [4.78, 5) is 2.49. The van der Waals surface area contributed by atoms with Crippen LogP contribution < -0.4 is 10.6 Å². The van der Waals surface area contributed by atoms with Gasteiger partial charge in [0.1, 0.15) is 0 Å². The van der Waals surface area contributed by atoms with Gasteiger partial charge in [0.15, 0.2) is 0 Å². The van der Waals surface area contributed by atoms with E-state index in [1.165, 1.54) is 71.4 Å². The van der Waals surface area contributed by atoms with Crippen molar-refractivity contribution in [3.05, 3.63) is 0 Å². The van der Waals surface area contributed by atoms with Crippen molar-refractivity contribution in [1.29, 1.82) is 0 Å². The van der Waals surface area contributed by atoms with Crippen LogP contribution in [0, 0.1) is 11.8 Å². The van der Waals surface area contributed by atoms with Crippen molar-refractivity contribution in [1.82, 2.24) is 15.5 Å². The summed E-state index contributed by atoms with van der Waals surface area (Å²) >= 11 is 0. The number of nitrogens with one attached hydrogen (secondary N) is 2. The summed E-state index contributed by atoms with van der Waals surface area (Å²) < 4.78 is 0. The molecule has 0 aromatic heterocycles. The van der Waals surface area contributed by atoms with Gasteiger partial charge in [-0.1, -0.05) is 0 Å². The van der Waals surface area contributed by atoms with Gasteiger partial charge in [-0.15, -0.1) is 0 Å². The molecule has 0 saturated carbocycles. The first-order valence-corrected chi connectivity index (χ1v) is 7.44. The molecule has 2 fully saturated rings. The molecule has 0 aliphatic carbocycles. The molecule has 0 amide bonds. The van der Waals surface area contributed by atoms with E-state index in [9.17, 15) is 0 Å². The maximum absolute atomic E-state index is 3.67. The van der Waals surface area contributed by atoms with Gasteiger partial charge in [-0.2, -0.15) is 0 Å². The van der Waals surface area contributed by atoms with Gasteiger partial charge in [-0.05, 0) is 83.7 Å². The summed E-state index contributed by atoms with van der Waals surface area (Å²) in [7, 11) is 2.26. The highest BCUT2D eigenvalue weighted by Crippen LogP contribution is 2.17. The smallest absolute Gasteiger partial charge is 0.000709 e. The Balaban J connectivity index is 1.50. The Bertz CT molecular complexity index is 202.